The second kappa shape index (κ2) is 9.97. The number of carboxylic acids is 1. The van der Waals surface area contributed by atoms with E-state index in [2.05, 4.69) is 25.8 Å². The van der Waals surface area contributed by atoms with Crippen LogP contribution < -0.4 is 0 Å². The Bertz CT molecular complexity index is 1230. The topological polar surface area (TPSA) is 108 Å². The lowest BCUT2D eigenvalue weighted by molar-refractivity contribution is -0.157. The van der Waals surface area contributed by atoms with Crippen molar-refractivity contribution >= 4 is 23.7 Å². The number of fused-ring (bicyclic) bond motifs is 1. The molecule has 3 heterocycles. The molecule has 2 unspecified atom stereocenters. The first-order valence-electron chi connectivity index (χ1n) is 13.3. The van der Waals surface area contributed by atoms with Crippen molar-refractivity contribution in [3.05, 3.63) is 65.5 Å². The number of amides is 3. The summed E-state index contributed by atoms with van der Waals surface area (Å²) in [5.74, 6) is -5.17. The fraction of sp³-hybridized carbons (Fsp3) is 0.500. The highest BCUT2D eigenvalue weighted by molar-refractivity contribution is 6.11. The van der Waals surface area contributed by atoms with Gasteiger partial charge in [-0.3, -0.25) is 24.3 Å². The number of hydrogen-bond donors (Lipinski definition) is 1. The van der Waals surface area contributed by atoms with Gasteiger partial charge in [-0.25, -0.2) is 4.79 Å². The number of likely N-dealkylation sites (tertiary alicyclic amines) is 2. The van der Waals surface area contributed by atoms with Crippen LogP contribution in [0.25, 0.3) is 0 Å². The lowest BCUT2D eigenvalue weighted by Gasteiger charge is -2.41. The predicted octanol–water partition coefficient (Wildman–Crippen LogP) is 4.46. The van der Waals surface area contributed by atoms with Crippen molar-refractivity contribution in [3.63, 3.8) is 0 Å². The van der Waals surface area contributed by atoms with E-state index >= 15 is 0 Å². The van der Waals surface area contributed by atoms with E-state index in [9.17, 15) is 24.3 Å². The molecule has 2 aliphatic heterocycles. The quantitative estimate of drug-likeness (QED) is 0.541. The molecule has 2 aromatic rings. The lowest BCUT2D eigenvalue weighted by Crippen LogP contribution is -2.60. The summed E-state index contributed by atoms with van der Waals surface area (Å²) in [5.41, 5.74) is -0.309. The number of rotatable bonds is 7. The molecule has 0 bridgehead atoms. The van der Waals surface area contributed by atoms with Gasteiger partial charge < -0.3 is 10.0 Å². The van der Waals surface area contributed by atoms with Gasteiger partial charge >= 0.3 is 5.97 Å². The fourth-order valence-electron chi connectivity index (χ4n) is 6.17. The van der Waals surface area contributed by atoms with Gasteiger partial charge in [-0.2, -0.15) is 0 Å². The van der Waals surface area contributed by atoms with Gasteiger partial charge in [-0.1, -0.05) is 59.7 Å². The zero-order chi connectivity index (χ0) is 28.0. The van der Waals surface area contributed by atoms with Crippen LogP contribution in [0.5, 0.6) is 0 Å². The number of carbonyl (C=O) groups is 4. The van der Waals surface area contributed by atoms with Crippen LogP contribution in [0, 0.1) is 17.8 Å². The molecule has 1 aromatic heterocycles. The van der Waals surface area contributed by atoms with Crippen molar-refractivity contribution in [2.24, 2.45) is 17.8 Å². The van der Waals surface area contributed by atoms with Crippen LogP contribution in [-0.4, -0.2) is 55.7 Å². The van der Waals surface area contributed by atoms with Gasteiger partial charge in [0.2, 0.25) is 11.8 Å². The van der Waals surface area contributed by atoms with Gasteiger partial charge in [0.05, 0.1) is 23.6 Å². The van der Waals surface area contributed by atoms with Crippen LogP contribution in [0.15, 0.2) is 48.7 Å². The van der Waals surface area contributed by atoms with E-state index in [4.69, 9.17) is 0 Å². The Hall–Kier alpha value is -3.55. The largest absolute Gasteiger partial charge is 0.479 e. The maximum atomic E-state index is 14.3. The first-order valence-corrected chi connectivity index (χ1v) is 13.3. The average molecular weight is 520 g/mol. The molecule has 0 saturated carbocycles. The molecule has 8 nitrogen and oxygen atoms in total. The number of carbonyl (C=O) groups excluding carboxylic acids is 3. The SMILES string of the molecule is CCCN1C(=O)C2C(C1=O)[C@@](CC(C)C)(C(=O)O)N(C(=O)c1ccc(C(C)(C)C)cc1)[C@H]2c1ccccn1. The monoisotopic (exact) mass is 519 g/mol. The molecule has 202 valence electrons. The van der Waals surface area contributed by atoms with E-state index in [1.165, 1.54) is 9.80 Å². The second-order valence-electron chi connectivity index (χ2n) is 11.9. The van der Waals surface area contributed by atoms with Crippen molar-refractivity contribution in [1.82, 2.24) is 14.8 Å². The Balaban J connectivity index is 1.97. The first kappa shape index (κ1) is 27.5. The third-order valence-electron chi connectivity index (χ3n) is 7.75. The second-order valence-corrected chi connectivity index (χ2v) is 11.9. The summed E-state index contributed by atoms with van der Waals surface area (Å²) in [5, 5.41) is 10.9. The molecule has 1 aromatic carbocycles. The number of aliphatic carboxylic acids is 1. The van der Waals surface area contributed by atoms with Crippen molar-refractivity contribution in [1.29, 1.82) is 0 Å². The van der Waals surface area contributed by atoms with E-state index in [-0.39, 0.29) is 24.3 Å². The standard InChI is InChI=1S/C30H37N3O5/c1-7-16-32-26(35)22-23(27(32)36)30(28(37)38,17-18(2)3)33(24(22)21-10-8-9-15-31-21)25(34)19-11-13-20(14-12-19)29(4,5)6/h8-15,18,22-24H,7,16-17H2,1-6H3,(H,37,38)/t22?,23?,24-,30-/m0/s1. The number of imide groups is 1. The van der Waals surface area contributed by atoms with Crippen molar-refractivity contribution in [3.8, 4) is 0 Å². The van der Waals surface area contributed by atoms with Gasteiger partial charge in [-0.05, 0) is 54.0 Å². The molecule has 4 atom stereocenters. The van der Waals surface area contributed by atoms with E-state index in [0.717, 1.165) is 5.56 Å². The van der Waals surface area contributed by atoms with Crippen molar-refractivity contribution in [2.75, 3.05) is 6.54 Å². The van der Waals surface area contributed by atoms with Crippen LogP contribution in [0.3, 0.4) is 0 Å². The van der Waals surface area contributed by atoms with Crippen LogP contribution in [0.4, 0.5) is 0 Å². The lowest BCUT2D eigenvalue weighted by atomic mass is 9.75. The van der Waals surface area contributed by atoms with Crippen molar-refractivity contribution in [2.45, 2.75) is 71.4 Å². The summed E-state index contributed by atoms with van der Waals surface area (Å²) in [6, 6.07) is 11.3. The molecule has 4 rings (SSSR count). The molecular weight excluding hydrogens is 482 g/mol. The zero-order valence-electron chi connectivity index (χ0n) is 23.0. The van der Waals surface area contributed by atoms with Gasteiger partial charge in [0, 0.05) is 18.3 Å². The van der Waals surface area contributed by atoms with E-state index in [0.29, 0.717) is 17.7 Å². The molecular formula is C30H37N3O5. The molecule has 2 saturated heterocycles. The van der Waals surface area contributed by atoms with Gasteiger partial charge in [-0.15, -0.1) is 0 Å². The summed E-state index contributed by atoms with van der Waals surface area (Å²) in [7, 11) is 0. The Morgan fingerprint density at radius 3 is 2.21 bits per heavy atom. The summed E-state index contributed by atoms with van der Waals surface area (Å²) in [6.45, 7) is 12.0. The average Bonchev–Trinajstić information content (AvgIpc) is 3.30. The molecule has 2 fully saturated rings. The highest BCUT2D eigenvalue weighted by atomic mass is 16.4. The first-order chi connectivity index (χ1) is 17.9. The molecule has 8 heteroatoms. The van der Waals surface area contributed by atoms with Crippen LogP contribution in [-0.2, 0) is 19.8 Å². The number of benzene rings is 1. The minimum absolute atomic E-state index is 0.0254. The van der Waals surface area contributed by atoms with Crippen LogP contribution in [0.1, 0.15) is 82.0 Å². The fourth-order valence-corrected chi connectivity index (χ4v) is 6.17. The number of aromatic nitrogens is 1. The molecule has 0 radical (unpaired) electrons. The molecule has 3 amide bonds. The molecule has 2 aliphatic rings. The van der Waals surface area contributed by atoms with E-state index in [1.807, 2.05) is 32.9 Å². The smallest absolute Gasteiger partial charge is 0.330 e. The Labute approximate surface area is 224 Å². The summed E-state index contributed by atoms with van der Waals surface area (Å²) in [4.78, 5) is 62.2. The Morgan fingerprint density at radius 1 is 1.05 bits per heavy atom. The normalized spacial score (nSPS) is 25.3. The number of hydrogen-bond acceptors (Lipinski definition) is 5. The van der Waals surface area contributed by atoms with Gasteiger partial charge in [0.15, 0.2) is 5.54 Å². The van der Waals surface area contributed by atoms with E-state index in [1.54, 1.807) is 36.5 Å². The predicted molar refractivity (Wildman–Crippen MR) is 142 cm³/mol. The van der Waals surface area contributed by atoms with Gasteiger partial charge in [0.25, 0.3) is 5.91 Å². The summed E-state index contributed by atoms with van der Waals surface area (Å²) >= 11 is 0. The highest BCUT2D eigenvalue weighted by Crippen LogP contribution is 2.57. The molecule has 0 aliphatic carbocycles. The van der Waals surface area contributed by atoms with E-state index < -0.39 is 47.1 Å². The third kappa shape index (κ3) is 4.29. The maximum absolute atomic E-state index is 14.3. The van der Waals surface area contributed by atoms with Crippen molar-refractivity contribution < 1.29 is 24.3 Å². The van der Waals surface area contributed by atoms with Crippen LogP contribution >= 0.6 is 0 Å². The zero-order valence-corrected chi connectivity index (χ0v) is 23.0. The minimum Gasteiger partial charge on any atom is -0.479 e. The van der Waals surface area contributed by atoms with Crippen LogP contribution in [0.2, 0.25) is 0 Å². The number of pyridine rings is 1. The number of carboxylic acid groups (broad SMARTS) is 1. The Kier molecular flexibility index (Phi) is 7.21. The molecule has 1 N–H and O–H groups in total. The molecule has 38 heavy (non-hydrogen) atoms. The number of nitrogens with zero attached hydrogens (tertiary/aromatic N) is 3. The summed E-state index contributed by atoms with van der Waals surface area (Å²) in [6.07, 6.45) is 2.13. The highest BCUT2D eigenvalue weighted by Gasteiger charge is 2.73. The summed E-state index contributed by atoms with van der Waals surface area (Å²) < 4.78 is 0. The third-order valence-corrected chi connectivity index (χ3v) is 7.75. The Morgan fingerprint density at radius 2 is 1.71 bits per heavy atom. The maximum Gasteiger partial charge on any atom is 0.330 e. The van der Waals surface area contributed by atoms with Gasteiger partial charge in [0.1, 0.15) is 0 Å². The minimum atomic E-state index is -1.91. The molecule has 0 spiro atoms.